The maximum atomic E-state index is 11.7. The highest BCUT2D eigenvalue weighted by Crippen LogP contribution is 2.16. The summed E-state index contributed by atoms with van der Waals surface area (Å²) in [5, 5.41) is 2.81. The number of rotatable bonds is 6. The van der Waals surface area contributed by atoms with Crippen LogP contribution in [0.4, 0.5) is 0 Å². The molecule has 0 bridgehead atoms. The van der Waals surface area contributed by atoms with Crippen molar-refractivity contribution >= 4 is 21.8 Å². The Morgan fingerprint density at radius 2 is 1.67 bits per heavy atom. The van der Waals surface area contributed by atoms with Crippen LogP contribution in [0.1, 0.15) is 5.56 Å². The van der Waals surface area contributed by atoms with Crippen LogP contribution in [0.2, 0.25) is 0 Å². The van der Waals surface area contributed by atoms with Crippen molar-refractivity contribution in [2.75, 3.05) is 13.7 Å². The zero-order chi connectivity index (χ0) is 15.1. The van der Waals surface area contributed by atoms with Gasteiger partial charge in [0.15, 0.2) is 6.61 Å². The van der Waals surface area contributed by atoms with Gasteiger partial charge in [0.2, 0.25) is 0 Å². The average molecular weight is 350 g/mol. The van der Waals surface area contributed by atoms with Crippen molar-refractivity contribution in [1.29, 1.82) is 0 Å². The summed E-state index contributed by atoms with van der Waals surface area (Å²) in [5.74, 6) is 1.23. The highest BCUT2D eigenvalue weighted by atomic mass is 79.9. The molecule has 5 heteroatoms. The van der Waals surface area contributed by atoms with Gasteiger partial charge in [-0.05, 0) is 42.0 Å². The highest BCUT2D eigenvalue weighted by molar-refractivity contribution is 9.10. The van der Waals surface area contributed by atoms with E-state index in [1.54, 1.807) is 31.4 Å². The lowest BCUT2D eigenvalue weighted by Gasteiger charge is -2.08. The van der Waals surface area contributed by atoms with Gasteiger partial charge in [-0.2, -0.15) is 0 Å². The molecule has 2 aromatic carbocycles. The molecule has 0 atom stereocenters. The largest absolute Gasteiger partial charge is 0.497 e. The van der Waals surface area contributed by atoms with Crippen molar-refractivity contribution in [3.05, 3.63) is 58.6 Å². The van der Waals surface area contributed by atoms with E-state index in [0.29, 0.717) is 12.3 Å². The van der Waals surface area contributed by atoms with Gasteiger partial charge in [0.25, 0.3) is 5.91 Å². The Bertz CT molecular complexity index is 581. The molecule has 21 heavy (non-hydrogen) atoms. The molecule has 0 spiro atoms. The first-order valence-corrected chi connectivity index (χ1v) is 7.24. The number of halogens is 1. The number of carbonyl (C=O) groups is 1. The van der Waals surface area contributed by atoms with Crippen LogP contribution in [0.15, 0.2) is 53.0 Å². The fourth-order valence-corrected chi connectivity index (χ4v) is 1.94. The van der Waals surface area contributed by atoms with Crippen LogP contribution in [0.25, 0.3) is 0 Å². The molecule has 0 heterocycles. The number of hydrogen-bond acceptors (Lipinski definition) is 3. The quantitative estimate of drug-likeness (QED) is 0.871. The average Bonchev–Trinajstić information content (AvgIpc) is 2.53. The van der Waals surface area contributed by atoms with Crippen molar-refractivity contribution in [2.45, 2.75) is 6.54 Å². The molecule has 0 saturated heterocycles. The van der Waals surface area contributed by atoms with Crippen LogP contribution in [0, 0.1) is 0 Å². The molecule has 0 saturated carbocycles. The van der Waals surface area contributed by atoms with Crippen LogP contribution in [0.5, 0.6) is 11.5 Å². The number of benzene rings is 2. The Balaban J connectivity index is 1.75. The molecule has 110 valence electrons. The van der Waals surface area contributed by atoms with Crippen LogP contribution < -0.4 is 14.8 Å². The Labute approximate surface area is 132 Å². The summed E-state index contributed by atoms with van der Waals surface area (Å²) >= 11 is 3.37. The Hall–Kier alpha value is -2.01. The second-order valence-corrected chi connectivity index (χ2v) is 5.28. The number of ether oxygens (including phenoxy) is 2. The van der Waals surface area contributed by atoms with Gasteiger partial charge >= 0.3 is 0 Å². The molecule has 2 aromatic rings. The second-order valence-electron chi connectivity index (χ2n) is 4.37. The molecular weight excluding hydrogens is 334 g/mol. The topological polar surface area (TPSA) is 47.6 Å². The van der Waals surface area contributed by atoms with Crippen molar-refractivity contribution in [1.82, 2.24) is 5.32 Å². The summed E-state index contributed by atoms with van der Waals surface area (Å²) in [7, 11) is 1.60. The molecule has 0 radical (unpaired) electrons. The maximum absolute atomic E-state index is 11.7. The molecular formula is C16H16BrNO3. The van der Waals surface area contributed by atoms with Gasteiger partial charge in [-0.15, -0.1) is 0 Å². The first-order valence-electron chi connectivity index (χ1n) is 6.45. The summed E-state index contributed by atoms with van der Waals surface area (Å²) in [6.07, 6.45) is 0. The normalized spacial score (nSPS) is 10.0. The zero-order valence-corrected chi connectivity index (χ0v) is 13.2. The molecule has 2 rings (SSSR count). The lowest BCUT2D eigenvalue weighted by Crippen LogP contribution is -2.28. The highest BCUT2D eigenvalue weighted by Gasteiger charge is 2.03. The summed E-state index contributed by atoms with van der Waals surface area (Å²) < 4.78 is 11.5. The maximum Gasteiger partial charge on any atom is 0.258 e. The Morgan fingerprint density at radius 1 is 1.05 bits per heavy atom. The molecule has 0 unspecified atom stereocenters. The number of methoxy groups -OCH3 is 1. The van der Waals surface area contributed by atoms with E-state index in [1.165, 1.54) is 0 Å². The minimum atomic E-state index is -0.159. The van der Waals surface area contributed by atoms with E-state index in [-0.39, 0.29) is 12.5 Å². The summed E-state index contributed by atoms with van der Waals surface area (Å²) in [5.41, 5.74) is 1.04. The first-order chi connectivity index (χ1) is 10.2. The van der Waals surface area contributed by atoms with Crippen LogP contribution >= 0.6 is 15.9 Å². The number of amides is 1. The summed E-state index contributed by atoms with van der Waals surface area (Å²) in [6, 6.07) is 14.9. The zero-order valence-electron chi connectivity index (χ0n) is 11.6. The minimum absolute atomic E-state index is 0.0111. The van der Waals surface area contributed by atoms with Gasteiger partial charge in [-0.25, -0.2) is 0 Å². The van der Waals surface area contributed by atoms with E-state index < -0.39 is 0 Å². The second kappa shape index (κ2) is 7.69. The lowest BCUT2D eigenvalue weighted by atomic mass is 10.2. The van der Waals surface area contributed by atoms with Crippen LogP contribution in [0.3, 0.4) is 0 Å². The monoisotopic (exact) mass is 349 g/mol. The van der Waals surface area contributed by atoms with E-state index in [4.69, 9.17) is 9.47 Å². The third-order valence-electron chi connectivity index (χ3n) is 2.83. The van der Waals surface area contributed by atoms with Crippen molar-refractivity contribution in [3.63, 3.8) is 0 Å². The molecule has 4 nitrogen and oxygen atoms in total. The number of hydrogen-bond donors (Lipinski definition) is 1. The Morgan fingerprint density at radius 3 is 2.29 bits per heavy atom. The summed E-state index contributed by atoms with van der Waals surface area (Å²) in [6.45, 7) is 0.473. The van der Waals surface area contributed by atoms with E-state index >= 15 is 0 Å². The van der Waals surface area contributed by atoms with Gasteiger partial charge in [0.05, 0.1) is 7.11 Å². The van der Waals surface area contributed by atoms with Crippen LogP contribution in [-0.2, 0) is 11.3 Å². The van der Waals surface area contributed by atoms with E-state index in [2.05, 4.69) is 21.2 Å². The van der Waals surface area contributed by atoms with Gasteiger partial charge in [-0.1, -0.05) is 28.1 Å². The first kappa shape index (κ1) is 15.4. The third kappa shape index (κ3) is 5.11. The van der Waals surface area contributed by atoms with Crippen LogP contribution in [-0.4, -0.2) is 19.6 Å². The minimum Gasteiger partial charge on any atom is -0.497 e. The van der Waals surface area contributed by atoms with Crippen molar-refractivity contribution in [3.8, 4) is 11.5 Å². The predicted octanol–water partition coefficient (Wildman–Crippen LogP) is 3.15. The van der Waals surface area contributed by atoms with Crippen molar-refractivity contribution < 1.29 is 14.3 Å². The molecule has 0 aliphatic carbocycles. The fourth-order valence-electron chi connectivity index (χ4n) is 1.67. The SMILES string of the molecule is COc1ccc(OCC(=O)NCc2ccc(Br)cc2)cc1. The van der Waals surface area contributed by atoms with E-state index in [0.717, 1.165) is 15.8 Å². The molecule has 1 amide bonds. The molecule has 0 aromatic heterocycles. The third-order valence-corrected chi connectivity index (χ3v) is 3.36. The van der Waals surface area contributed by atoms with Gasteiger partial charge in [-0.3, -0.25) is 4.79 Å². The predicted molar refractivity (Wildman–Crippen MR) is 84.5 cm³/mol. The standard InChI is InChI=1S/C16H16BrNO3/c1-20-14-6-8-15(9-7-14)21-11-16(19)18-10-12-2-4-13(17)5-3-12/h2-9H,10-11H2,1H3,(H,18,19). The Kier molecular flexibility index (Phi) is 5.63. The number of carbonyl (C=O) groups excluding carboxylic acids is 1. The van der Waals surface area contributed by atoms with Gasteiger partial charge < -0.3 is 14.8 Å². The van der Waals surface area contributed by atoms with Crippen molar-refractivity contribution in [2.24, 2.45) is 0 Å². The van der Waals surface area contributed by atoms with E-state index in [1.807, 2.05) is 24.3 Å². The fraction of sp³-hybridized carbons (Fsp3) is 0.188. The lowest BCUT2D eigenvalue weighted by molar-refractivity contribution is -0.123. The molecule has 0 fully saturated rings. The van der Waals surface area contributed by atoms with Gasteiger partial charge in [0.1, 0.15) is 11.5 Å². The smallest absolute Gasteiger partial charge is 0.258 e. The summed E-state index contributed by atoms with van der Waals surface area (Å²) in [4.78, 5) is 11.7. The molecule has 0 aliphatic heterocycles. The number of nitrogens with one attached hydrogen (secondary N) is 1. The van der Waals surface area contributed by atoms with Gasteiger partial charge in [0, 0.05) is 11.0 Å². The molecule has 0 aliphatic rings. The van der Waals surface area contributed by atoms with E-state index in [9.17, 15) is 4.79 Å². The molecule has 1 N–H and O–H groups in total.